The molecule has 4 fully saturated rings. The highest BCUT2D eigenvalue weighted by Crippen LogP contribution is 2.53. The first kappa shape index (κ1) is 38.6. The van der Waals surface area contributed by atoms with E-state index in [4.69, 9.17) is 42.6 Å². The molecule has 0 bridgehead atoms. The summed E-state index contributed by atoms with van der Waals surface area (Å²) in [7, 11) is 4.20. The largest absolute Gasteiger partial charge is 0.493 e. The zero-order valence-corrected chi connectivity index (χ0v) is 28.6. The molecule has 290 valence electrons. The smallest absolute Gasteiger partial charge is 0.229 e. The second kappa shape index (κ2) is 16.1. The van der Waals surface area contributed by atoms with Crippen LogP contribution in [0.5, 0.6) is 28.7 Å². The molecule has 18 nitrogen and oxygen atoms in total. The number of fused-ring (bicyclic) bond motifs is 1. The van der Waals surface area contributed by atoms with E-state index in [1.54, 1.807) is 24.3 Å². The summed E-state index contributed by atoms with van der Waals surface area (Å²) < 4.78 is 52.2. The normalized spacial score (nSPS) is 37.4. The second-order valence-electron chi connectivity index (χ2n) is 13.1. The van der Waals surface area contributed by atoms with E-state index in [-0.39, 0.29) is 46.1 Å². The van der Waals surface area contributed by atoms with Gasteiger partial charge >= 0.3 is 0 Å². The monoisotopic (exact) mass is 742 g/mol. The molecule has 14 atom stereocenters. The molecule has 6 rings (SSSR count). The van der Waals surface area contributed by atoms with Crippen molar-refractivity contribution in [1.29, 1.82) is 0 Å². The molecule has 9 N–H and O–H groups in total. The first-order valence-corrected chi connectivity index (χ1v) is 16.7. The van der Waals surface area contributed by atoms with Gasteiger partial charge < -0.3 is 88.6 Å². The van der Waals surface area contributed by atoms with E-state index in [9.17, 15) is 46.0 Å². The second-order valence-corrected chi connectivity index (χ2v) is 13.1. The molecule has 52 heavy (non-hydrogen) atoms. The Hall–Kier alpha value is -3.08. The van der Waals surface area contributed by atoms with Gasteiger partial charge in [-0.3, -0.25) is 0 Å². The van der Waals surface area contributed by atoms with Gasteiger partial charge in [-0.15, -0.1) is 0 Å². The van der Waals surface area contributed by atoms with Crippen molar-refractivity contribution in [2.45, 2.75) is 80.2 Å². The predicted octanol–water partition coefficient (Wildman–Crippen LogP) is -2.36. The zero-order chi connectivity index (χ0) is 37.4. The van der Waals surface area contributed by atoms with Crippen LogP contribution in [0.25, 0.3) is 0 Å². The molecule has 0 spiro atoms. The summed E-state index contributed by atoms with van der Waals surface area (Å²) in [4.78, 5) is 0. The number of hydrogen-bond donors (Lipinski definition) is 9. The minimum Gasteiger partial charge on any atom is -0.493 e. The standard InChI is InChI=1S/C34H46O18/c1-44-18-5-13(4-15(8-35)31(18)51-33-27(42)25(40)23(38)21(9-36)49-33)29-16-11-48-30(17(16)12-47-29)14-6-19(45-2)32(20(7-14)46-3)52-34-28(43)26(41)24(39)22(10-37)50-34/h4-7,16-17,21-30,33-43H,8-12H2,1-3H3. The summed E-state index contributed by atoms with van der Waals surface area (Å²) in [5, 5.41) is 91.3. The maximum atomic E-state index is 10.5. The van der Waals surface area contributed by atoms with E-state index in [0.29, 0.717) is 24.3 Å². The quantitative estimate of drug-likeness (QED) is 0.110. The Bertz CT molecular complexity index is 1360. The van der Waals surface area contributed by atoms with Crippen LogP contribution in [0.3, 0.4) is 0 Å². The number of aliphatic hydroxyl groups excluding tert-OH is 9. The lowest BCUT2D eigenvalue weighted by Gasteiger charge is -2.39. The molecular formula is C34H46O18. The maximum absolute atomic E-state index is 10.5. The maximum Gasteiger partial charge on any atom is 0.229 e. The van der Waals surface area contributed by atoms with Gasteiger partial charge in [0.15, 0.2) is 23.0 Å². The minimum absolute atomic E-state index is 0.0263. The van der Waals surface area contributed by atoms with Crippen molar-refractivity contribution >= 4 is 0 Å². The highest BCUT2D eigenvalue weighted by atomic mass is 16.7. The lowest BCUT2D eigenvalue weighted by atomic mass is 9.84. The van der Waals surface area contributed by atoms with Crippen molar-refractivity contribution in [3.8, 4) is 28.7 Å². The van der Waals surface area contributed by atoms with E-state index in [1.807, 2.05) is 0 Å². The van der Waals surface area contributed by atoms with Crippen LogP contribution in [0.2, 0.25) is 0 Å². The summed E-state index contributed by atoms with van der Waals surface area (Å²) in [6.45, 7) is -1.18. The van der Waals surface area contributed by atoms with Crippen molar-refractivity contribution in [1.82, 2.24) is 0 Å². The van der Waals surface area contributed by atoms with Crippen LogP contribution in [0, 0.1) is 11.8 Å². The van der Waals surface area contributed by atoms with Crippen molar-refractivity contribution < 1.29 is 88.6 Å². The first-order valence-electron chi connectivity index (χ1n) is 16.7. The summed E-state index contributed by atoms with van der Waals surface area (Å²) in [5.74, 6) is 0.333. The fraction of sp³-hybridized carbons (Fsp3) is 0.647. The van der Waals surface area contributed by atoms with Gasteiger partial charge in [-0.1, -0.05) is 0 Å². The summed E-state index contributed by atoms with van der Waals surface area (Å²) in [5.41, 5.74) is 1.58. The lowest BCUT2D eigenvalue weighted by Crippen LogP contribution is -2.60. The average molecular weight is 743 g/mol. The molecule has 0 saturated carbocycles. The molecule has 14 unspecified atom stereocenters. The Morgan fingerprint density at radius 2 is 0.962 bits per heavy atom. The third-order valence-electron chi connectivity index (χ3n) is 10.1. The SMILES string of the molecule is COc1cc(C2OCC3C(c4cc(OC)c(OC5OC(CO)C(O)C(O)C5O)c(OC)c4)OCC23)cc(CO)c1OC1OC(CO)C(O)C(O)C1O. The van der Waals surface area contributed by atoms with E-state index in [2.05, 4.69) is 0 Å². The fourth-order valence-electron chi connectivity index (χ4n) is 7.23. The number of benzene rings is 2. The van der Waals surface area contributed by atoms with Crippen LogP contribution in [0.1, 0.15) is 28.9 Å². The average Bonchev–Trinajstić information content (AvgIpc) is 3.78. The Kier molecular flexibility index (Phi) is 12.0. The number of rotatable bonds is 12. The molecule has 4 heterocycles. The van der Waals surface area contributed by atoms with Crippen LogP contribution in [-0.4, -0.2) is 155 Å². The summed E-state index contributed by atoms with van der Waals surface area (Å²) in [6, 6.07) is 6.69. The van der Waals surface area contributed by atoms with Gasteiger partial charge in [-0.25, -0.2) is 0 Å². The van der Waals surface area contributed by atoms with Gasteiger partial charge in [-0.05, 0) is 35.4 Å². The molecule has 0 aromatic heterocycles. The highest BCUT2D eigenvalue weighted by Gasteiger charge is 2.50. The Morgan fingerprint density at radius 1 is 0.558 bits per heavy atom. The fourth-order valence-corrected chi connectivity index (χ4v) is 7.23. The van der Waals surface area contributed by atoms with Crippen LogP contribution in [-0.2, 0) is 25.6 Å². The van der Waals surface area contributed by atoms with E-state index in [0.717, 1.165) is 0 Å². The molecule has 18 heteroatoms. The molecule has 0 aliphatic carbocycles. The van der Waals surface area contributed by atoms with Crippen molar-refractivity contribution in [3.63, 3.8) is 0 Å². The Labute approximate surface area is 298 Å². The van der Waals surface area contributed by atoms with Crippen LogP contribution >= 0.6 is 0 Å². The number of ether oxygens (including phenoxy) is 9. The molecule has 2 aromatic rings. The predicted molar refractivity (Wildman–Crippen MR) is 172 cm³/mol. The molecule has 4 aliphatic heterocycles. The molecular weight excluding hydrogens is 696 g/mol. The lowest BCUT2D eigenvalue weighted by molar-refractivity contribution is -0.277. The van der Waals surface area contributed by atoms with Crippen LogP contribution < -0.4 is 23.7 Å². The van der Waals surface area contributed by atoms with Crippen LogP contribution in [0.4, 0.5) is 0 Å². The van der Waals surface area contributed by atoms with Crippen molar-refractivity contribution in [3.05, 3.63) is 41.0 Å². The molecule has 0 radical (unpaired) electrons. The van der Waals surface area contributed by atoms with Crippen molar-refractivity contribution in [2.24, 2.45) is 11.8 Å². The third kappa shape index (κ3) is 7.00. The van der Waals surface area contributed by atoms with E-state index >= 15 is 0 Å². The van der Waals surface area contributed by atoms with Gasteiger partial charge in [0.05, 0.1) is 66.6 Å². The van der Waals surface area contributed by atoms with Crippen molar-refractivity contribution in [2.75, 3.05) is 47.8 Å². The van der Waals surface area contributed by atoms with Gasteiger partial charge in [0.2, 0.25) is 18.3 Å². The van der Waals surface area contributed by atoms with E-state index in [1.165, 1.54) is 21.3 Å². The Balaban J connectivity index is 1.22. The minimum atomic E-state index is -1.68. The molecule has 4 saturated heterocycles. The third-order valence-corrected chi connectivity index (χ3v) is 10.1. The first-order chi connectivity index (χ1) is 25.0. The number of methoxy groups -OCH3 is 3. The van der Waals surface area contributed by atoms with Crippen LogP contribution in [0.15, 0.2) is 24.3 Å². The Morgan fingerprint density at radius 3 is 1.37 bits per heavy atom. The number of hydrogen-bond acceptors (Lipinski definition) is 18. The van der Waals surface area contributed by atoms with Gasteiger partial charge in [0.25, 0.3) is 0 Å². The molecule has 4 aliphatic rings. The molecule has 0 amide bonds. The summed E-state index contributed by atoms with van der Waals surface area (Å²) in [6.07, 6.45) is -16.1. The van der Waals surface area contributed by atoms with Gasteiger partial charge in [0.1, 0.15) is 48.8 Å². The highest BCUT2D eigenvalue weighted by molar-refractivity contribution is 5.55. The zero-order valence-electron chi connectivity index (χ0n) is 28.6. The van der Waals surface area contributed by atoms with Gasteiger partial charge in [-0.2, -0.15) is 0 Å². The number of aliphatic hydroxyl groups is 9. The summed E-state index contributed by atoms with van der Waals surface area (Å²) >= 11 is 0. The topological polar surface area (TPSA) is 265 Å². The van der Waals surface area contributed by atoms with Gasteiger partial charge in [0, 0.05) is 17.4 Å². The molecule has 2 aromatic carbocycles. The van der Waals surface area contributed by atoms with E-state index < -0.39 is 93.4 Å².